The molecule has 1 saturated heterocycles. The van der Waals surface area contributed by atoms with E-state index in [1.165, 1.54) is 29.3 Å². The van der Waals surface area contributed by atoms with Crippen LogP contribution in [0.25, 0.3) is 10.9 Å². The summed E-state index contributed by atoms with van der Waals surface area (Å²) < 4.78 is 0. The molecular formula is C14H19N3. The first-order valence-electron chi connectivity index (χ1n) is 6.38. The van der Waals surface area contributed by atoms with Crippen LogP contribution >= 0.6 is 0 Å². The molecular weight excluding hydrogens is 210 g/mol. The quantitative estimate of drug-likeness (QED) is 0.737. The predicted octanol–water partition coefficient (Wildman–Crippen LogP) is 1.96. The van der Waals surface area contributed by atoms with Crippen molar-refractivity contribution in [1.82, 2.24) is 10.3 Å². The molecule has 1 aromatic heterocycles. The molecule has 17 heavy (non-hydrogen) atoms. The van der Waals surface area contributed by atoms with Crippen LogP contribution in [0.5, 0.6) is 0 Å². The summed E-state index contributed by atoms with van der Waals surface area (Å²) in [7, 11) is 0. The number of rotatable bonds is 2. The van der Waals surface area contributed by atoms with E-state index in [0.29, 0.717) is 12.0 Å². The number of aromatic nitrogens is 1. The number of para-hydroxylation sites is 1. The molecule has 0 bridgehead atoms. The topological polar surface area (TPSA) is 53.8 Å². The minimum atomic E-state index is 0.508. The van der Waals surface area contributed by atoms with Crippen LogP contribution in [0.2, 0.25) is 0 Å². The van der Waals surface area contributed by atoms with Crippen LogP contribution in [-0.4, -0.2) is 24.1 Å². The Morgan fingerprint density at radius 1 is 1.24 bits per heavy atom. The van der Waals surface area contributed by atoms with Gasteiger partial charge in [-0.05, 0) is 35.8 Å². The molecule has 1 aliphatic heterocycles. The van der Waals surface area contributed by atoms with E-state index < -0.39 is 0 Å². The molecule has 1 aliphatic rings. The zero-order valence-electron chi connectivity index (χ0n) is 9.95. The summed E-state index contributed by atoms with van der Waals surface area (Å²) in [6.45, 7) is 1.79. The molecule has 2 heterocycles. The Morgan fingerprint density at radius 2 is 2.18 bits per heavy atom. The predicted molar refractivity (Wildman–Crippen MR) is 71.1 cm³/mol. The Kier molecular flexibility index (Phi) is 2.87. The lowest BCUT2D eigenvalue weighted by Crippen LogP contribution is -2.42. The van der Waals surface area contributed by atoms with Gasteiger partial charge in [0.05, 0.1) is 0 Å². The number of hydrogen-bond acceptors (Lipinski definition) is 2. The van der Waals surface area contributed by atoms with E-state index in [1.807, 2.05) is 6.20 Å². The van der Waals surface area contributed by atoms with Crippen LogP contribution < -0.4 is 11.1 Å². The van der Waals surface area contributed by atoms with Crippen molar-refractivity contribution in [1.29, 1.82) is 0 Å². The maximum absolute atomic E-state index is 5.69. The van der Waals surface area contributed by atoms with Gasteiger partial charge in [0.25, 0.3) is 0 Å². The lowest BCUT2D eigenvalue weighted by atomic mass is 9.88. The van der Waals surface area contributed by atoms with E-state index in [9.17, 15) is 0 Å². The van der Waals surface area contributed by atoms with Crippen LogP contribution in [-0.2, 0) is 0 Å². The first kappa shape index (κ1) is 10.8. The molecule has 2 unspecified atom stereocenters. The van der Waals surface area contributed by atoms with E-state index in [1.54, 1.807) is 0 Å². The van der Waals surface area contributed by atoms with Crippen molar-refractivity contribution in [2.24, 2.45) is 5.73 Å². The molecule has 90 valence electrons. The molecule has 2 atom stereocenters. The highest BCUT2D eigenvalue weighted by molar-refractivity contribution is 5.83. The Hall–Kier alpha value is -1.32. The summed E-state index contributed by atoms with van der Waals surface area (Å²) in [6.07, 6.45) is 4.43. The van der Waals surface area contributed by atoms with Crippen LogP contribution in [0, 0.1) is 0 Å². The number of fused-ring (bicyclic) bond motifs is 1. The molecule has 1 fully saturated rings. The van der Waals surface area contributed by atoms with Crippen LogP contribution in [0.4, 0.5) is 0 Å². The summed E-state index contributed by atoms with van der Waals surface area (Å²) in [5, 5.41) is 4.84. The highest BCUT2D eigenvalue weighted by atomic mass is 14.9. The maximum atomic E-state index is 5.69. The van der Waals surface area contributed by atoms with Gasteiger partial charge in [0, 0.05) is 30.8 Å². The van der Waals surface area contributed by atoms with Gasteiger partial charge in [0.1, 0.15) is 0 Å². The minimum Gasteiger partial charge on any atom is -0.361 e. The summed E-state index contributed by atoms with van der Waals surface area (Å²) in [6, 6.07) is 9.20. The molecule has 0 radical (unpaired) electrons. The second-order valence-corrected chi connectivity index (χ2v) is 4.90. The summed E-state index contributed by atoms with van der Waals surface area (Å²) in [5.74, 6) is 0.611. The number of benzene rings is 1. The zero-order chi connectivity index (χ0) is 11.7. The van der Waals surface area contributed by atoms with E-state index in [2.05, 4.69) is 34.6 Å². The Morgan fingerprint density at radius 3 is 2.94 bits per heavy atom. The summed E-state index contributed by atoms with van der Waals surface area (Å²) >= 11 is 0. The van der Waals surface area contributed by atoms with Gasteiger partial charge in [-0.2, -0.15) is 0 Å². The van der Waals surface area contributed by atoms with Crippen molar-refractivity contribution in [3.8, 4) is 0 Å². The fourth-order valence-electron chi connectivity index (χ4n) is 2.83. The molecule has 0 spiro atoms. The monoisotopic (exact) mass is 229 g/mol. The number of piperidine rings is 1. The molecule has 3 heteroatoms. The Labute approximate surface area is 101 Å². The van der Waals surface area contributed by atoms with Gasteiger partial charge in [0.2, 0.25) is 0 Å². The van der Waals surface area contributed by atoms with Gasteiger partial charge in [0.15, 0.2) is 0 Å². The second-order valence-electron chi connectivity index (χ2n) is 4.90. The molecule has 0 aliphatic carbocycles. The third-order valence-electron chi connectivity index (χ3n) is 3.86. The Balaban J connectivity index is 1.87. The van der Waals surface area contributed by atoms with E-state index >= 15 is 0 Å². The van der Waals surface area contributed by atoms with Gasteiger partial charge in [-0.15, -0.1) is 0 Å². The summed E-state index contributed by atoms with van der Waals surface area (Å²) in [5.41, 5.74) is 8.43. The van der Waals surface area contributed by atoms with E-state index in [4.69, 9.17) is 5.73 Å². The number of H-pyrrole nitrogens is 1. The fraction of sp³-hybridized carbons (Fsp3) is 0.429. The summed E-state index contributed by atoms with van der Waals surface area (Å²) in [4.78, 5) is 3.36. The SMILES string of the molecule is NCC1CCC(c2cccc3cc[nH]c23)CN1. The number of nitrogens with one attached hydrogen (secondary N) is 2. The van der Waals surface area contributed by atoms with Crippen LogP contribution in [0.15, 0.2) is 30.5 Å². The van der Waals surface area contributed by atoms with E-state index in [-0.39, 0.29) is 0 Å². The van der Waals surface area contributed by atoms with Crippen molar-refractivity contribution in [3.05, 3.63) is 36.0 Å². The van der Waals surface area contributed by atoms with Gasteiger partial charge in [-0.25, -0.2) is 0 Å². The van der Waals surface area contributed by atoms with Crippen molar-refractivity contribution in [3.63, 3.8) is 0 Å². The fourth-order valence-corrected chi connectivity index (χ4v) is 2.83. The molecule has 4 N–H and O–H groups in total. The molecule has 0 amide bonds. The average molecular weight is 229 g/mol. The highest BCUT2D eigenvalue weighted by Gasteiger charge is 2.22. The normalized spacial score (nSPS) is 25.2. The van der Waals surface area contributed by atoms with Gasteiger partial charge in [-0.3, -0.25) is 0 Å². The van der Waals surface area contributed by atoms with Crippen molar-refractivity contribution in [2.45, 2.75) is 24.8 Å². The molecule has 3 nitrogen and oxygen atoms in total. The largest absolute Gasteiger partial charge is 0.361 e. The molecule has 3 rings (SSSR count). The van der Waals surface area contributed by atoms with Crippen molar-refractivity contribution >= 4 is 10.9 Å². The molecule has 2 aromatic rings. The van der Waals surface area contributed by atoms with Crippen LogP contribution in [0.1, 0.15) is 24.3 Å². The van der Waals surface area contributed by atoms with Gasteiger partial charge < -0.3 is 16.0 Å². The highest BCUT2D eigenvalue weighted by Crippen LogP contribution is 2.30. The third kappa shape index (κ3) is 1.96. The van der Waals surface area contributed by atoms with Gasteiger partial charge >= 0.3 is 0 Å². The smallest absolute Gasteiger partial charge is 0.0489 e. The standard InChI is InChI=1S/C14H19N3/c15-8-12-5-4-11(9-17-12)13-3-1-2-10-6-7-16-14(10)13/h1-3,6-7,11-12,16-17H,4-5,8-9,15H2. The number of nitrogens with two attached hydrogens (primary N) is 1. The lowest BCUT2D eigenvalue weighted by molar-refractivity contribution is 0.372. The van der Waals surface area contributed by atoms with Gasteiger partial charge in [-0.1, -0.05) is 18.2 Å². The Bertz CT molecular complexity index is 495. The zero-order valence-corrected chi connectivity index (χ0v) is 9.95. The third-order valence-corrected chi connectivity index (χ3v) is 3.86. The van der Waals surface area contributed by atoms with E-state index in [0.717, 1.165) is 13.1 Å². The molecule has 0 saturated carbocycles. The lowest BCUT2D eigenvalue weighted by Gasteiger charge is -2.29. The first-order valence-corrected chi connectivity index (χ1v) is 6.38. The number of aromatic amines is 1. The minimum absolute atomic E-state index is 0.508. The maximum Gasteiger partial charge on any atom is 0.0489 e. The second kappa shape index (κ2) is 4.51. The van der Waals surface area contributed by atoms with Crippen LogP contribution in [0.3, 0.4) is 0 Å². The van der Waals surface area contributed by atoms with Crippen molar-refractivity contribution in [2.75, 3.05) is 13.1 Å². The first-order chi connectivity index (χ1) is 8.38. The molecule has 1 aromatic carbocycles. The van der Waals surface area contributed by atoms with Crippen molar-refractivity contribution < 1.29 is 0 Å². The average Bonchev–Trinajstić information content (AvgIpc) is 2.87. The number of hydrogen-bond donors (Lipinski definition) is 3.